The van der Waals surface area contributed by atoms with Gasteiger partial charge in [-0.2, -0.15) is 0 Å². The number of nitrogens with two attached hydrogens (primary N) is 1. The molecule has 1 aromatic carbocycles. The summed E-state index contributed by atoms with van der Waals surface area (Å²) in [6, 6.07) is -0.500. The lowest BCUT2D eigenvalue weighted by molar-refractivity contribution is -0.143. The summed E-state index contributed by atoms with van der Waals surface area (Å²) < 4.78 is 0. The Labute approximate surface area is 289 Å². The molecule has 0 radical (unpaired) electrons. The number of amides is 6. The third-order valence-electron chi connectivity index (χ3n) is 7.01. The number of aliphatic carboxylic acids is 2. The van der Waals surface area contributed by atoms with Gasteiger partial charge in [0, 0.05) is 24.8 Å². The number of halogens is 1. The molecule has 0 saturated heterocycles. The number of carboxylic acid groups (broad SMARTS) is 2. The average molecular weight is 711 g/mol. The van der Waals surface area contributed by atoms with Gasteiger partial charge in [-0.25, -0.2) is 4.79 Å². The van der Waals surface area contributed by atoms with E-state index in [1.54, 1.807) is 52.0 Å². The van der Waals surface area contributed by atoms with Gasteiger partial charge in [0.25, 0.3) is 0 Å². The fourth-order valence-corrected chi connectivity index (χ4v) is 4.99. The number of carbonyl (C=O) groups is 8. The number of hydrogen-bond donors (Lipinski definition) is 8. The van der Waals surface area contributed by atoms with Crippen LogP contribution in [0.4, 0.5) is 0 Å². The van der Waals surface area contributed by atoms with E-state index >= 15 is 0 Å². The summed E-state index contributed by atoms with van der Waals surface area (Å²) in [6.07, 6.45) is -1.31. The van der Waals surface area contributed by atoms with E-state index in [1.165, 1.54) is 0 Å². The molecule has 6 amide bonds. The molecule has 0 aliphatic heterocycles. The molecule has 0 heterocycles. The van der Waals surface area contributed by atoms with Crippen molar-refractivity contribution in [2.24, 2.45) is 17.6 Å². The van der Waals surface area contributed by atoms with E-state index in [2.05, 4.69) is 26.6 Å². The van der Waals surface area contributed by atoms with Gasteiger partial charge < -0.3 is 42.5 Å². The maximum absolute atomic E-state index is 13.4. The van der Waals surface area contributed by atoms with Gasteiger partial charge in [0.05, 0.1) is 6.42 Å². The van der Waals surface area contributed by atoms with Crippen LogP contribution in [0, 0.1) is 11.8 Å². The summed E-state index contributed by atoms with van der Waals surface area (Å²) in [7, 11) is 0. The Bertz CT molecular complexity index is 1370. The Kier molecular flexibility index (Phi) is 17.8. The molecule has 0 fully saturated rings. The van der Waals surface area contributed by atoms with Gasteiger partial charge in [-0.05, 0) is 48.8 Å². The predicted octanol–water partition coefficient (Wildman–Crippen LogP) is 0.243. The smallest absolute Gasteiger partial charge is 0.326 e. The molecule has 9 N–H and O–H groups in total. The van der Waals surface area contributed by atoms with E-state index in [0.29, 0.717) is 10.6 Å². The van der Waals surface area contributed by atoms with E-state index in [0.717, 1.165) is 6.92 Å². The van der Waals surface area contributed by atoms with E-state index in [1.807, 2.05) is 0 Å². The molecule has 0 aliphatic rings. The molecule has 1 rings (SSSR count). The Hall–Kier alpha value is -4.73. The molecule has 49 heavy (non-hydrogen) atoms. The molecule has 0 saturated carbocycles. The molecule has 17 heteroatoms. The van der Waals surface area contributed by atoms with Gasteiger partial charge in [0.1, 0.15) is 30.2 Å². The first-order chi connectivity index (χ1) is 22.8. The lowest BCUT2D eigenvalue weighted by atomic mass is 10.00. The molecule has 0 aromatic heterocycles. The molecular weight excluding hydrogens is 664 g/mol. The van der Waals surface area contributed by atoms with Gasteiger partial charge in [0.2, 0.25) is 35.4 Å². The highest BCUT2D eigenvalue weighted by Crippen LogP contribution is 2.14. The average Bonchev–Trinajstić information content (AvgIpc) is 2.96. The second kappa shape index (κ2) is 20.6. The van der Waals surface area contributed by atoms with Crippen LogP contribution in [0.15, 0.2) is 24.3 Å². The first-order valence-corrected chi connectivity index (χ1v) is 16.1. The van der Waals surface area contributed by atoms with Crippen molar-refractivity contribution in [1.29, 1.82) is 0 Å². The van der Waals surface area contributed by atoms with Gasteiger partial charge in [-0.15, -0.1) is 0 Å². The lowest BCUT2D eigenvalue weighted by Gasteiger charge is -2.27. The van der Waals surface area contributed by atoms with Crippen LogP contribution >= 0.6 is 11.6 Å². The van der Waals surface area contributed by atoms with Gasteiger partial charge >= 0.3 is 11.9 Å². The summed E-state index contributed by atoms with van der Waals surface area (Å²) in [4.78, 5) is 99.9. The minimum absolute atomic E-state index is 0.0384. The van der Waals surface area contributed by atoms with Gasteiger partial charge in [-0.3, -0.25) is 33.6 Å². The molecule has 0 aliphatic carbocycles. The number of carboxylic acids is 2. The first-order valence-electron chi connectivity index (χ1n) is 15.7. The van der Waals surface area contributed by atoms with Crippen molar-refractivity contribution in [2.45, 2.75) is 103 Å². The van der Waals surface area contributed by atoms with Crippen molar-refractivity contribution in [3.05, 3.63) is 34.9 Å². The number of rotatable bonds is 21. The molecule has 16 nitrogen and oxygen atoms in total. The zero-order valence-electron chi connectivity index (χ0n) is 28.2. The van der Waals surface area contributed by atoms with E-state index in [4.69, 9.17) is 17.3 Å². The topological polar surface area (TPSA) is 263 Å². The molecule has 0 unspecified atom stereocenters. The Morgan fingerprint density at radius 3 is 1.61 bits per heavy atom. The highest BCUT2D eigenvalue weighted by molar-refractivity contribution is 6.30. The first kappa shape index (κ1) is 42.3. The molecule has 5 atom stereocenters. The summed E-state index contributed by atoms with van der Waals surface area (Å²) in [5, 5.41) is 31.7. The second-order valence-electron chi connectivity index (χ2n) is 12.5. The molecule has 0 spiro atoms. The monoisotopic (exact) mass is 710 g/mol. The van der Waals surface area contributed by atoms with Crippen molar-refractivity contribution in [1.82, 2.24) is 26.6 Å². The zero-order chi connectivity index (χ0) is 37.4. The highest BCUT2D eigenvalue weighted by atomic mass is 35.5. The van der Waals surface area contributed by atoms with E-state index < -0.39 is 84.0 Å². The molecular formula is C32H47ClN6O10. The van der Waals surface area contributed by atoms with Gasteiger partial charge in [-0.1, -0.05) is 51.4 Å². The van der Waals surface area contributed by atoms with Crippen LogP contribution in [0.2, 0.25) is 5.02 Å². The predicted molar refractivity (Wildman–Crippen MR) is 178 cm³/mol. The van der Waals surface area contributed by atoms with Crippen LogP contribution in [-0.2, 0) is 44.8 Å². The van der Waals surface area contributed by atoms with Crippen molar-refractivity contribution >= 4 is 59.0 Å². The fourth-order valence-electron chi connectivity index (χ4n) is 4.78. The van der Waals surface area contributed by atoms with Crippen LogP contribution in [0.3, 0.4) is 0 Å². The summed E-state index contributed by atoms with van der Waals surface area (Å²) in [5.74, 6) is -8.07. The molecule has 0 bridgehead atoms. The van der Waals surface area contributed by atoms with E-state index in [-0.39, 0.29) is 43.9 Å². The maximum Gasteiger partial charge on any atom is 0.326 e. The Morgan fingerprint density at radius 2 is 1.18 bits per heavy atom. The fraction of sp³-hybridized carbons (Fsp3) is 0.562. The standard InChI is InChI=1S/C32H47ClN6O10/c1-16(2)11-22(36-28(44)21(35-18(5)40)9-10-26(34)41)29(45)38-24(15-27(42)43)31(47)37-23(12-17(3)4)30(46)39-25(32(48)49)14-19-7-6-8-20(33)13-19/h6-8,13,16-17,21-25H,9-12,14-15H2,1-5H3,(H2,34,41)(H,35,40)(H,36,44)(H,37,47)(H,38,45)(H,39,46)(H,42,43)(H,48,49)/t21-,22-,23-,24-,25-/m0/s1. The molecule has 1 aromatic rings. The van der Waals surface area contributed by atoms with Crippen LogP contribution in [0.1, 0.15) is 72.3 Å². The highest BCUT2D eigenvalue weighted by Gasteiger charge is 2.34. The van der Waals surface area contributed by atoms with Crippen LogP contribution in [0.5, 0.6) is 0 Å². The van der Waals surface area contributed by atoms with Crippen molar-refractivity contribution < 1.29 is 48.6 Å². The number of primary amides is 1. The summed E-state index contributed by atoms with van der Waals surface area (Å²) in [6.45, 7) is 8.16. The normalized spacial score (nSPS) is 14.0. The van der Waals surface area contributed by atoms with Gasteiger partial charge in [0.15, 0.2) is 0 Å². The summed E-state index contributed by atoms with van der Waals surface area (Å²) in [5.41, 5.74) is 5.71. The van der Waals surface area contributed by atoms with Crippen molar-refractivity contribution in [3.8, 4) is 0 Å². The maximum atomic E-state index is 13.4. The quantitative estimate of drug-likeness (QED) is 0.0862. The van der Waals surface area contributed by atoms with Crippen molar-refractivity contribution in [2.75, 3.05) is 0 Å². The summed E-state index contributed by atoms with van der Waals surface area (Å²) >= 11 is 6.00. The SMILES string of the molecule is CC(=O)N[C@@H](CCC(N)=O)C(=O)N[C@@H](CC(C)C)C(=O)N[C@@H](CC(=O)O)C(=O)N[C@@H](CC(C)C)C(=O)N[C@@H](Cc1cccc(Cl)c1)C(=O)O. The number of carbonyl (C=O) groups excluding carboxylic acids is 6. The second-order valence-corrected chi connectivity index (χ2v) is 13.0. The van der Waals surface area contributed by atoms with E-state index in [9.17, 15) is 48.6 Å². The molecule has 272 valence electrons. The zero-order valence-corrected chi connectivity index (χ0v) is 29.0. The third-order valence-corrected chi connectivity index (χ3v) is 7.24. The number of benzene rings is 1. The lowest BCUT2D eigenvalue weighted by Crippen LogP contribution is -2.59. The van der Waals surface area contributed by atoms with Crippen LogP contribution < -0.4 is 32.3 Å². The third kappa shape index (κ3) is 16.8. The van der Waals surface area contributed by atoms with Crippen molar-refractivity contribution in [3.63, 3.8) is 0 Å². The minimum atomic E-state index is -1.71. The van der Waals surface area contributed by atoms with Crippen LogP contribution in [-0.4, -0.2) is 87.8 Å². The largest absolute Gasteiger partial charge is 0.481 e. The number of hydrogen-bond acceptors (Lipinski definition) is 8. The van der Waals surface area contributed by atoms with Crippen LogP contribution in [0.25, 0.3) is 0 Å². The number of nitrogens with one attached hydrogen (secondary N) is 5. The Balaban J connectivity index is 3.22. The minimum Gasteiger partial charge on any atom is -0.481 e. The Morgan fingerprint density at radius 1 is 0.714 bits per heavy atom.